The van der Waals surface area contributed by atoms with Crippen LogP contribution in [0.4, 0.5) is 5.69 Å². The van der Waals surface area contributed by atoms with E-state index in [0.29, 0.717) is 30.9 Å². The lowest BCUT2D eigenvalue weighted by Gasteiger charge is -2.14. The highest BCUT2D eigenvalue weighted by Crippen LogP contribution is 2.22. The smallest absolute Gasteiger partial charge is 0.229 e. The van der Waals surface area contributed by atoms with Crippen LogP contribution in [0.25, 0.3) is 10.9 Å². The van der Waals surface area contributed by atoms with Gasteiger partial charge in [-0.2, -0.15) is 5.10 Å². The molecule has 0 saturated carbocycles. The van der Waals surface area contributed by atoms with Crippen LogP contribution in [0, 0.1) is 0 Å². The first-order valence-electron chi connectivity index (χ1n) is 9.92. The Kier molecular flexibility index (Phi) is 7.30. The summed E-state index contributed by atoms with van der Waals surface area (Å²) >= 11 is 0. The number of aliphatic hydroxyl groups excluding tert-OH is 1. The van der Waals surface area contributed by atoms with Crippen molar-refractivity contribution in [2.45, 2.75) is 25.9 Å². The predicted octanol–water partition coefficient (Wildman–Crippen LogP) is 2.59. The van der Waals surface area contributed by atoms with E-state index in [0.717, 1.165) is 41.4 Å². The van der Waals surface area contributed by atoms with E-state index in [2.05, 4.69) is 27.2 Å². The number of fused-ring (bicyclic) bond motifs is 1. The third-order valence-electron chi connectivity index (χ3n) is 4.56. The summed E-state index contributed by atoms with van der Waals surface area (Å²) in [5.74, 6) is 0.760. The van der Waals surface area contributed by atoms with Gasteiger partial charge in [0.25, 0.3) is 0 Å². The van der Waals surface area contributed by atoms with Crippen LogP contribution in [0.3, 0.4) is 0 Å². The number of ether oxygens (including phenoxy) is 1. The van der Waals surface area contributed by atoms with Gasteiger partial charge in [0.1, 0.15) is 12.4 Å². The highest BCUT2D eigenvalue weighted by atomic mass is 32.2. The van der Waals surface area contributed by atoms with Crippen molar-refractivity contribution in [3.05, 3.63) is 53.7 Å². The molecule has 0 spiro atoms. The maximum absolute atomic E-state index is 11.3. The number of anilines is 1. The van der Waals surface area contributed by atoms with Crippen molar-refractivity contribution in [2.24, 2.45) is 0 Å². The lowest BCUT2D eigenvalue weighted by molar-refractivity contribution is 0.172. The summed E-state index contributed by atoms with van der Waals surface area (Å²) in [5.41, 5.74) is 3.09. The fraction of sp³-hybridized carbons (Fsp3) is 0.381. The second-order valence-corrected chi connectivity index (χ2v) is 8.94. The Morgan fingerprint density at radius 3 is 2.83 bits per heavy atom. The number of sulfonamides is 1. The highest BCUT2D eigenvalue weighted by molar-refractivity contribution is 7.92. The molecule has 1 atom stereocenters. The monoisotopic (exact) mass is 432 g/mol. The highest BCUT2D eigenvalue weighted by Gasteiger charge is 2.10. The number of nitrogens with one attached hydrogen (secondary N) is 3. The summed E-state index contributed by atoms with van der Waals surface area (Å²) in [4.78, 5) is 0. The molecule has 162 valence electrons. The van der Waals surface area contributed by atoms with Crippen molar-refractivity contribution >= 4 is 26.6 Å². The predicted molar refractivity (Wildman–Crippen MR) is 118 cm³/mol. The van der Waals surface area contributed by atoms with Crippen LogP contribution in [0.1, 0.15) is 30.7 Å². The van der Waals surface area contributed by atoms with Crippen molar-refractivity contribution in [3.63, 3.8) is 0 Å². The molecule has 30 heavy (non-hydrogen) atoms. The zero-order valence-electron chi connectivity index (χ0n) is 17.2. The van der Waals surface area contributed by atoms with Gasteiger partial charge in [-0.1, -0.05) is 25.5 Å². The molecule has 1 heterocycles. The molecule has 3 rings (SSSR count). The van der Waals surface area contributed by atoms with Crippen LogP contribution in [0.2, 0.25) is 0 Å². The number of aromatic amines is 1. The first kappa shape index (κ1) is 22.1. The van der Waals surface area contributed by atoms with Gasteiger partial charge in [-0.25, -0.2) is 8.42 Å². The maximum Gasteiger partial charge on any atom is 0.229 e. The summed E-state index contributed by atoms with van der Waals surface area (Å²) in [6, 6.07) is 12.6. The second-order valence-electron chi connectivity index (χ2n) is 7.20. The lowest BCUT2D eigenvalue weighted by Crippen LogP contribution is -2.26. The number of hydrogen-bond acceptors (Lipinski definition) is 6. The lowest BCUT2D eigenvalue weighted by atomic mass is 10.1. The zero-order valence-corrected chi connectivity index (χ0v) is 18.0. The molecule has 8 nitrogen and oxygen atoms in total. The largest absolute Gasteiger partial charge is 0.492 e. The Morgan fingerprint density at radius 2 is 2.07 bits per heavy atom. The number of H-pyrrole nitrogens is 1. The molecular formula is C21H28N4O4S. The van der Waals surface area contributed by atoms with E-state index in [1.165, 1.54) is 0 Å². The molecule has 2 aromatic carbocycles. The van der Waals surface area contributed by atoms with E-state index in [-0.39, 0.29) is 0 Å². The number of hydrogen-bond donors (Lipinski definition) is 4. The van der Waals surface area contributed by atoms with E-state index < -0.39 is 16.1 Å². The zero-order chi connectivity index (χ0) is 21.6. The Balaban J connectivity index is 1.45. The Labute approximate surface area is 176 Å². The maximum atomic E-state index is 11.3. The van der Waals surface area contributed by atoms with E-state index in [4.69, 9.17) is 4.74 Å². The number of aliphatic hydroxyl groups is 1. The van der Waals surface area contributed by atoms with E-state index in [1.54, 1.807) is 24.3 Å². The third-order valence-corrected chi connectivity index (χ3v) is 5.17. The van der Waals surface area contributed by atoms with E-state index in [1.807, 2.05) is 18.2 Å². The topological polar surface area (TPSA) is 116 Å². The van der Waals surface area contributed by atoms with E-state index >= 15 is 0 Å². The average Bonchev–Trinajstić information content (AvgIpc) is 3.09. The number of aromatic nitrogens is 2. The minimum Gasteiger partial charge on any atom is -0.492 e. The standard InChI is InChI=1S/C21H28N4O4S/c1-3-5-19-18-9-8-17(13-20(18)24-23-19)29-11-10-22-14-21(26)15-6-4-7-16(12-15)25-30(2,27)28/h4,6-9,12-13,21-22,25-26H,3,5,10-11,14H2,1-2H3,(H,23,24). The molecule has 0 saturated heterocycles. The van der Waals surface area contributed by atoms with Crippen molar-refractivity contribution in [3.8, 4) is 5.75 Å². The summed E-state index contributed by atoms with van der Waals surface area (Å²) in [7, 11) is -3.36. The fourth-order valence-corrected chi connectivity index (χ4v) is 3.75. The first-order chi connectivity index (χ1) is 14.4. The van der Waals surface area contributed by atoms with Gasteiger partial charge >= 0.3 is 0 Å². The van der Waals surface area contributed by atoms with Crippen LogP contribution < -0.4 is 14.8 Å². The Morgan fingerprint density at radius 1 is 1.23 bits per heavy atom. The fourth-order valence-electron chi connectivity index (χ4n) is 3.19. The SMILES string of the molecule is CCCc1n[nH]c2cc(OCCNCC(O)c3cccc(NS(C)(=O)=O)c3)ccc12. The minimum absolute atomic E-state index is 0.325. The van der Waals surface area contributed by atoms with Gasteiger partial charge < -0.3 is 15.2 Å². The molecule has 1 aromatic heterocycles. The minimum atomic E-state index is -3.36. The summed E-state index contributed by atoms with van der Waals surface area (Å²) in [5, 5.41) is 22.0. The summed E-state index contributed by atoms with van der Waals surface area (Å²) < 4.78 is 30.9. The molecule has 0 aliphatic carbocycles. The number of aryl methyl sites for hydroxylation is 1. The van der Waals surface area contributed by atoms with Crippen molar-refractivity contribution in [1.29, 1.82) is 0 Å². The van der Waals surface area contributed by atoms with Gasteiger partial charge in [0.15, 0.2) is 0 Å². The third kappa shape index (κ3) is 6.19. The van der Waals surface area contributed by atoms with E-state index in [9.17, 15) is 13.5 Å². The number of benzene rings is 2. The number of nitrogens with zero attached hydrogens (tertiary/aromatic N) is 1. The molecule has 0 aliphatic heterocycles. The Hall–Kier alpha value is -2.62. The van der Waals surface area contributed by atoms with Crippen LogP contribution in [0.5, 0.6) is 5.75 Å². The summed E-state index contributed by atoms with van der Waals surface area (Å²) in [6.45, 7) is 3.46. The summed E-state index contributed by atoms with van der Waals surface area (Å²) in [6.07, 6.45) is 2.32. The van der Waals surface area contributed by atoms with Gasteiger partial charge in [0.05, 0.1) is 23.6 Å². The molecule has 0 fully saturated rings. The quantitative estimate of drug-likeness (QED) is 0.346. The van der Waals surface area contributed by atoms with Gasteiger partial charge in [-0.05, 0) is 36.2 Å². The molecule has 3 aromatic rings. The molecule has 9 heteroatoms. The van der Waals surface area contributed by atoms with Crippen LogP contribution in [-0.2, 0) is 16.4 Å². The molecule has 4 N–H and O–H groups in total. The molecule has 0 radical (unpaired) electrons. The van der Waals surface area contributed by atoms with Gasteiger partial charge in [0, 0.05) is 30.2 Å². The van der Waals surface area contributed by atoms with Crippen molar-refractivity contribution in [2.75, 3.05) is 30.7 Å². The normalized spacial score (nSPS) is 12.8. The van der Waals surface area contributed by atoms with Crippen LogP contribution in [-0.4, -0.2) is 49.7 Å². The van der Waals surface area contributed by atoms with Gasteiger partial charge in [0.2, 0.25) is 10.0 Å². The first-order valence-corrected chi connectivity index (χ1v) is 11.8. The van der Waals surface area contributed by atoms with Gasteiger partial charge in [-0.15, -0.1) is 0 Å². The van der Waals surface area contributed by atoms with Crippen LogP contribution >= 0.6 is 0 Å². The molecule has 0 bridgehead atoms. The molecule has 0 amide bonds. The van der Waals surface area contributed by atoms with Crippen molar-refractivity contribution < 1.29 is 18.3 Å². The Bertz CT molecular complexity index is 1080. The second kappa shape index (κ2) is 9.92. The van der Waals surface area contributed by atoms with Crippen molar-refractivity contribution in [1.82, 2.24) is 15.5 Å². The van der Waals surface area contributed by atoms with Gasteiger partial charge in [-0.3, -0.25) is 9.82 Å². The number of rotatable bonds is 11. The van der Waals surface area contributed by atoms with Crippen LogP contribution in [0.15, 0.2) is 42.5 Å². The molecule has 1 unspecified atom stereocenters. The molecule has 0 aliphatic rings. The molecular weight excluding hydrogens is 404 g/mol. The average molecular weight is 433 g/mol.